The molecule has 0 aromatic heterocycles. The van der Waals surface area contributed by atoms with Gasteiger partial charge in [0.2, 0.25) is 0 Å². The first kappa shape index (κ1) is 15.7. The van der Waals surface area contributed by atoms with E-state index < -0.39 is 12.7 Å². The van der Waals surface area contributed by atoms with Crippen LogP contribution in [0.1, 0.15) is 33.6 Å². The summed E-state index contributed by atoms with van der Waals surface area (Å²) in [7, 11) is 1.86. The second-order valence-corrected chi connectivity index (χ2v) is 4.51. The van der Waals surface area contributed by atoms with Gasteiger partial charge in [-0.2, -0.15) is 13.2 Å². The SMILES string of the molecule is CNC(C)CCCN(CC(F)(F)F)C(C)C. The molecule has 0 saturated heterocycles. The molecule has 0 heterocycles. The molecule has 1 unspecified atom stereocenters. The van der Waals surface area contributed by atoms with Crippen LogP contribution >= 0.6 is 0 Å². The van der Waals surface area contributed by atoms with E-state index >= 15 is 0 Å². The van der Waals surface area contributed by atoms with Crippen molar-refractivity contribution in [3.8, 4) is 0 Å². The highest BCUT2D eigenvalue weighted by molar-refractivity contribution is 4.68. The van der Waals surface area contributed by atoms with Crippen molar-refractivity contribution in [1.82, 2.24) is 10.2 Å². The summed E-state index contributed by atoms with van der Waals surface area (Å²) in [5.74, 6) is 0. The number of rotatable bonds is 7. The third kappa shape index (κ3) is 7.93. The molecule has 0 amide bonds. The smallest absolute Gasteiger partial charge is 0.317 e. The van der Waals surface area contributed by atoms with Crippen molar-refractivity contribution in [2.75, 3.05) is 20.1 Å². The average Bonchev–Trinajstić information content (AvgIpc) is 2.13. The Morgan fingerprint density at radius 2 is 1.75 bits per heavy atom. The van der Waals surface area contributed by atoms with Crippen molar-refractivity contribution in [2.45, 2.75) is 51.9 Å². The van der Waals surface area contributed by atoms with Gasteiger partial charge >= 0.3 is 6.18 Å². The Morgan fingerprint density at radius 3 is 2.12 bits per heavy atom. The number of alkyl halides is 3. The van der Waals surface area contributed by atoms with E-state index in [1.165, 1.54) is 4.90 Å². The maximum atomic E-state index is 12.3. The number of nitrogens with one attached hydrogen (secondary N) is 1. The Hall–Kier alpha value is -0.290. The molecule has 0 aromatic carbocycles. The highest BCUT2D eigenvalue weighted by atomic mass is 19.4. The van der Waals surface area contributed by atoms with E-state index in [1.807, 2.05) is 14.0 Å². The fourth-order valence-electron chi connectivity index (χ4n) is 1.50. The normalized spacial score (nSPS) is 14.8. The molecular weight excluding hydrogens is 217 g/mol. The summed E-state index contributed by atoms with van der Waals surface area (Å²) in [6.45, 7) is 5.33. The van der Waals surface area contributed by atoms with Crippen molar-refractivity contribution in [1.29, 1.82) is 0 Å². The summed E-state index contributed by atoms with van der Waals surface area (Å²) < 4.78 is 36.8. The summed E-state index contributed by atoms with van der Waals surface area (Å²) in [6.07, 6.45) is -2.41. The molecule has 0 aromatic rings. The lowest BCUT2D eigenvalue weighted by molar-refractivity contribution is -0.149. The van der Waals surface area contributed by atoms with Crippen LogP contribution in [0, 0.1) is 0 Å². The Labute approximate surface area is 96.2 Å². The summed E-state index contributed by atoms with van der Waals surface area (Å²) in [5.41, 5.74) is 0. The lowest BCUT2D eigenvalue weighted by Crippen LogP contribution is -2.40. The minimum Gasteiger partial charge on any atom is -0.317 e. The summed E-state index contributed by atoms with van der Waals surface area (Å²) in [5, 5.41) is 3.08. The maximum Gasteiger partial charge on any atom is 0.401 e. The molecule has 1 atom stereocenters. The second kappa shape index (κ2) is 7.12. The largest absolute Gasteiger partial charge is 0.401 e. The monoisotopic (exact) mass is 240 g/mol. The predicted octanol–water partition coefficient (Wildman–Crippen LogP) is 2.65. The Kier molecular flexibility index (Phi) is 6.99. The van der Waals surface area contributed by atoms with Gasteiger partial charge in [-0.05, 0) is 47.2 Å². The zero-order valence-electron chi connectivity index (χ0n) is 10.6. The lowest BCUT2D eigenvalue weighted by atomic mass is 10.1. The van der Waals surface area contributed by atoms with Gasteiger partial charge in [-0.1, -0.05) is 0 Å². The number of hydrogen-bond donors (Lipinski definition) is 1. The first-order chi connectivity index (χ1) is 7.26. The van der Waals surface area contributed by atoms with Gasteiger partial charge in [0.05, 0.1) is 6.54 Å². The van der Waals surface area contributed by atoms with Crippen LogP contribution in [0.4, 0.5) is 13.2 Å². The first-order valence-corrected chi connectivity index (χ1v) is 5.74. The topological polar surface area (TPSA) is 15.3 Å². The molecule has 0 radical (unpaired) electrons. The summed E-state index contributed by atoms with van der Waals surface area (Å²) >= 11 is 0. The van der Waals surface area contributed by atoms with Crippen LogP contribution in [0.25, 0.3) is 0 Å². The molecule has 2 nitrogen and oxygen atoms in total. The number of halogens is 3. The van der Waals surface area contributed by atoms with E-state index in [9.17, 15) is 13.2 Å². The van der Waals surface area contributed by atoms with Gasteiger partial charge in [-0.25, -0.2) is 0 Å². The molecule has 16 heavy (non-hydrogen) atoms. The van der Waals surface area contributed by atoms with Crippen LogP contribution < -0.4 is 5.32 Å². The minimum atomic E-state index is -4.10. The third-order valence-electron chi connectivity index (χ3n) is 2.69. The van der Waals surface area contributed by atoms with Gasteiger partial charge in [0.15, 0.2) is 0 Å². The van der Waals surface area contributed by atoms with Crippen molar-refractivity contribution in [3.05, 3.63) is 0 Å². The zero-order valence-corrected chi connectivity index (χ0v) is 10.6. The molecule has 5 heteroatoms. The molecule has 0 aliphatic rings. The van der Waals surface area contributed by atoms with Crippen LogP contribution in [0.3, 0.4) is 0 Å². The Morgan fingerprint density at radius 1 is 1.19 bits per heavy atom. The molecule has 98 valence electrons. The van der Waals surface area contributed by atoms with E-state index in [1.54, 1.807) is 13.8 Å². The van der Waals surface area contributed by atoms with Gasteiger partial charge < -0.3 is 5.32 Å². The lowest BCUT2D eigenvalue weighted by Gasteiger charge is -2.27. The second-order valence-electron chi connectivity index (χ2n) is 4.51. The van der Waals surface area contributed by atoms with Gasteiger partial charge in [0, 0.05) is 12.1 Å². The molecule has 0 aliphatic heterocycles. The van der Waals surface area contributed by atoms with Crippen molar-refractivity contribution in [2.24, 2.45) is 0 Å². The first-order valence-electron chi connectivity index (χ1n) is 5.74. The molecule has 0 bridgehead atoms. The average molecular weight is 240 g/mol. The summed E-state index contributed by atoms with van der Waals surface area (Å²) in [4.78, 5) is 1.47. The van der Waals surface area contributed by atoms with Gasteiger partial charge in [0.25, 0.3) is 0 Å². The van der Waals surface area contributed by atoms with Gasteiger partial charge in [0.1, 0.15) is 0 Å². The van der Waals surface area contributed by atoms with Crippen LogP contribution in [-0.2, 0) is 0 Å². The van der Waals surface area contributed by atoms with Crippen LogP contribution in [-0.4, -0.2) is 43.3 Å². The highest BCUT2D eigenvalue weighted by Gasteiger charge is 2.31. The van der Waals surface area contributed by atoms with Crippen molar-refractivity contribution in [3.63, 3.8) is 0 Å². The van der Waals surface area contributed by atoms with E-state index in [2.05, 4.69) is 5.32 Å². The fraction of sp³-hybridized carbons (Fsp3) is 1.00. The van der Waals surface area contributed by atoms with E-state index in [-0.39, 0.29) is 6.04 Å². The van der Waals surface area contributed by atoms with Crippen LogP contribution in [0.5, 0.6) is 0 Å². The summed E-state index contributed by atoms with van der Waals surface area (Å²) in [6, 6.07) is 0.298. The quantitative estimate of drug-likeness (QED) is 0.736. The third-order valence-corrected chi connectivity index (χ3v) is 2.69. The molecular formula is C11H23F3N2. The van der Waals surface area contributed by atoms with Crippen LogP contribution in [0.2, 0.25) is 0 Å². The molecule has 0 rings (SSSR count). The van der Waals surface area contributed by atoms with Crippen LogP contribution in [0.15, 0.2) is 0 Å². The molecule has 1 N–H and O–H groups in total. The molecule has 0 aliphatic carbocycles. The van der Waals surface area contributed by atoms with Crippen molar-refractivity contribution >= 4 is 0 Å². The van der Waals surface area contributed by atoms with E-state index in [0.29, 0.717) is 12.6 Å². The molecule has 0 spiro atoms. The zero-order chi connectivity index (χ0) is 12.8. The Balaban J connectivity index is 3.96. The standard InChI is InChI=1S/C11H23F3N2/c1-9(2)16(8-11(12,13)14)7-5-6-10(3)15-4/h9-10,15H,5-8H2,1-4H3. The highest BCUT2D eigenvalue weighted by Crippen LogP contribution is 2.18. The number of nitrogens with zero attached hydrogens (tertiary/aromatic N) is 1. The fourth-order valence-corrected chi connectivity index (χ4v) is 1.50. The van der Waals surface area contributed by atoms with Crippen molar-refractivity contribution < 1.29 is 13.2 Å². The molecule has 0 fully saturated rings. The van der Waals surface area contributed by atoms with Gasteiger partial charge in [-0.3, -0.25) is 4.90 Å². The Bertz CT molecular complexity index is 181. The maximum absolute atomic E-state index is 12.3. The van der Waals surface area contributed by atoms with Gasteiger partial charge in [-0.15, -0.1) is 0 Å². The predicted molar refractivity (Wildman–Crippen MR) is 60.5 cm³/mol. The molecule has 0 saturated carbocycles. The van der Waals surface area contributed by atoms with E-state index in [0.717, 1.165) is 12.8 Å². The minimum absolute atomic E-state index is 0.0634. The van der Waals surface area contributed by atoms with E-state index in [4.69, 9.17) is 0 Å². The number of hydrogen-bond acceptors (Lipinski definition) is 2.